The number of hydrogen-bond acceptors (Lipinski definition) is 5. The topological polar surface area (TPSA) is 54.9 Å². The molecule has 1 aromatic heterocycles. The zero-order chi connectivity index (χ0) is 18.5. The Bertz CT molecular complexity index is 916. The summed E-state index contributed by atoms with van der Waals surface area (Å²) in [7, 11) is 0. The quantitative estimate of drug-likeness (QED) is 0.461. The number of amides is 1. The van der Waals surface area contributed by atoms with Crippen molar-refractivity contribution in [3.05, 3.63) is 70.2 Å². The Hall–Kier alpha value is -2.03. The molecule has 0 aliphatic rings. The highest BCUT2D eigenvalue weighted by Gasteiger charge is 2.14. The lowest BCUT2D eigenvalue weighted by molar-refractivity contribution is -0.115. The van der Waals surface area contributed by atoms with Gasteiger partial charge in [0, 0.05) is 16.3 Å². The largest absolute Gasteiger partial charge is 0.300 e. The van der Waals surface area contributed by atoms with Crippen LogP contribution >= 0.6 is 34.7 Å². The lowest BCUT2D eigenvalue weighted by atomic mass is 10.1. The summed E-state index contributed by atoms with van der Waals surface area (Å²) < 4.78 is 27.9. The third kappa shape index (κ3) is 4.78. The van der Waals surface area contributed by atoms with Crippen LogP contribution in [0.2, 0.25) is 5.02 Å². The molecular formula is C17H12ClF2N3OS2. The molecule has 0 bridgehead atoms. The van der Waals surface area contributed by atoms with E-state index in [1.165, 1.54) is 36.0 Å². The van der Waals surface area contributed by atoms with Crippen molar-refractivity contribution in [3.8, 4) is 0 Å². The number of halogens is 3. The van der Waals surface area contributed by atoms with Crippen LogP contribution in [0.3, 0.4) is 0 Å². The third-order valence-corrected chi connectivity index (χ3v) is 5.74. The number of hydrogen-bond donors (Lipinski definition) is 1. The van der Waals surface area contributed by atoms with Gasteiger partial charge in [0.1, 0.15) is 11.6 Å². The lowest BCUT2D eigenvalue weighted by Gasteiger charge is -2.05. The molecule has 2 aromatic carbocycles. The molecule has 1 heterocycles. The van der Waals surface area contributed by atoms with Gasteiger partial charge in [0.15, 0.2) is 4.34 Å². The predicted octanol–water partition coefficient (Wildman–Crippen LogP) is 4.94. The van der Waals surface area contributed by atoms with E-state index in [2.05, 4.69) is 15.5 Å². The molecule has 0 spiro atoms. The predicted molar refractivity (Wildman–Crippen MR) is 99.6 cm³/mol. The zero-order valence-electron chi connectivity index (χ0n) is 13.2. The Labute approximate surface area is 161 Å². The maximum atomic E-state index is 13.7. The van der Waals surface area contributed by atoms with Gasteiger partial charge in [-0.15, -0.1) is 10.2 Å². The highest BCUT2D eigenvalue weighted by molar-refractivity contribution is 8.00. The summed E-state index contributed by atoms with van der Waals surface area (Å²) in [4.78, 5) is 12.1. The Morgan fingerprint density at radius 1 is 1.12 bits per heavy atom. The monoisotopic (exact) mass is 411 g/mol. The van der Waals surface area contributed by atoms with Crippen molar-refractivity contribution in [1.82, 2.24) is 10.2 Å². The first-order valence-corrected chi connectivity index (χ1v) is 9.63. The van der Waals surface area contributed by atoms with Crippen molar-refractivity contribution in [2.24, 2.45) is 0 Å². The van der Waals surface area contributed by atoms with Crippen LogP contribution in [0, 0.1) is 11.6 Å². The summed E-state index contributed by atoms with van der Waals surface area (Å²) in [5.41, 5.74) is 0.692. The minimum atomic E-state index is -0.536. The van der Waals surface area contributed by atoms with Crippen LogP contribution in [-0.2, 0) is 17.0 Å². The van der Waals surface area contributed by atoms with Gasteiger partial charge in [-0.3, -0.25) is 4.79 Å². The zero-order valence-corrected chi connectivity index (χ0v) is 15.6. The van der Waals surface area contributed by atoms with Crippen molar-refractivity contribution in [2.75, 3.05) is 5.32 Å². The molecule has 0 aliphatic heterocycles. The molecule has 134 valence electrons. The second-order valence-corrected chi connectivity index (χ2v) is 7.79. The number of anilines is 1. The molecule has 26 heavy (non-hydrogen) atoms. The fourth-order valence-corrected chi connectivity index (χ4v) is 4.08. The molecule has 1 N–H and O–H groups in total. The number of thioether (sulfide) groups is 1. The summed E-state index contributed by atoms with van der Waals surface area (Å²) in [6, 6.07) is 10.7. The van der Waals surface area contributed by atoms with Crippen LogP contribution in [0.5, 0.6) is 0 Å². The lowest BCUT2D eigenvalue weighted by Crippen LogP contribution is -2.15. The van der Waals surface area contributed by atoms with Gasteiger partial charge >= 0.3 is 0 Å². The Balaban J connectivity index is 1.58. The fourth-order valence-electron chi connectivity index (χ4n) is 2.10. The summed E-state index contributed by atoms with van der Waals surface area (Å²) in [5.74, 6) is -0.857. The van der Waals surface area contributed by atoms with Gasteiger partial charge in [0.2, 0.25) is 11.0 Å². The van der Waals surface area contributed by atoms with Gasteiger partial charge in [0.05, 0.1) is 6.42 Å². The van der Waals surface area contributed by atoms with Gasteiger partial charge in [-0.05, 0) is 23.8 Å². The molecule has 0 unspecified atom stereocenters. The number of benzene rings is 2. The number of rotatable bonds is 6. The minimum absolute atomic E-state index is 0.130. The van der Waals surface area contributed by atoms with Crippen LogP contribution in [0.25, 0.3) is 0 Å². The van der Waals surface area contributed by atoms with E-state index in [4.69, 9.17) is 11.6 Å². The highest BCUT2D eigenvalue weighted by atomic mass is 35.5. The standard InChI is InChI=1S/C17H12ClF2N3OS2/c18-12-5-3-7-14(20)11(12)8-15(24)21-16-22-23-17(26-16)25-9-10-4-1-2-6-13(10)19/h1-7H,8-9H2,(H,21,22,24). The van der Waals surface area contributed by atoms with E-state index in [-0.39, 0.29) is 22.8 Å². The van der Waals surface area contributed by atoms with E-state index in [9.17, 15) is 13.6 Å². The van der Waals surface area contributed by atoms with E-state index >= 15 is 0 Å². The molecule has 0 aliphatic carbocycles. The minimum Gasteiger partial charge on any atom is -0.300 e. The first-order chi connectivity index (χ1) is 12.5. The third-order valence-electron chi connectivity index (χ3n) is 3.36. The highest BCUT2D eigenvalue weighted by Crippen LogP contribution is 2.29. The van der Waals surface area contributed by atoms with Crippen molar-refractivity contribution in [1.29, 1.82) is 0 Å². The van der Waals surface area contributed by atoms with Gasteiger partial charge in [0.25, 0.3) is 0 Å². The SMILES string of the molecule is O=C(Cc1c(F)cccc1Cl)Nc1nnc(SCc2ccccc2F)s1. The van der Waals surface area contributed by atoms with Crippen molar-refractivity contribution in [2.45, 2.75) is 16.5 Å². The Morgan fingerprint density at radius 2 is 1.88 bits per heavy atom. The molecule has 0 radical (unpaired) electrons. The van der Waals surface area contributed by atoms with Crippen LogP contribution in [0.15, 0.2) is 46.8 Å². The second kappa shape index (κ2) is 8.57. The average molecular weight is 412 g/mol. The van der Waals surface area contributed by atoms with Crippen molar-refractivity contribution >= 4 is 45.7 Å². The number of nitrogens with one attached hydrogen (secondary N) is 1. The van der Waals surface area contributed by atoms with Crippen molar-refractivity contribution < 1.29 is 13.6 Å². The molecule has 1 amide bonds. The van der Waals surface area contributed by atoms with Gasteiger partial charge in [-0.1, -0.05) is 59.0 Å². The number of aromatic nitrogens is 2. The molecule has 3 aromatic rings. The summed E-state index contributed by atoms with van der Waals surface area (Å²) >= 11 is 8.40. The number of carbonyl (C=O) groups excluding carboxylic acids is 1. The van der Waals surface area contributed by atoms with Crippen molar-refractivity contribution in [3.63, 3.8) is 0 Å². The Morgan fingerprint density at radius 3 is 2.65 bits per heavy atom. The Kier molecular flexibility index (Phi) is 6.18. The smallest absolute Gasteiger partial charge is 0.230 e. The first kappa shape index (κ1) is 18.8. The van der Waals surface area contributed by atoms with Gasteiger partial charge in [-0.2, -0.15) is 0 Å². The van der Waals surface area contributed by atoms with Gasteiger partial charge < -0.3 is 5.32 Å². The summed E-state index contributed by atoms with van der Waals surface area (Å²) in [6.07, 6.45) is -0.206. The van der Waals surface area contributed by atoms with E-state index in [0.29, 0.717) is 20.8 Å². The molecule has 4 nitrogen and oxygen atoms in total. The van der Waals surface area contributed by atoms with E-state index in [1.54, 1.807) is 18.2 Å². The molecule has 9 heteroatoms. The average Bonchev–Trinajstić information content (AvgIpc) is 3.05. The first-order valence-electron chi connectivity index (χ1n) is 7.45. The fraction of sp³-hybridized carbons (Fsp3) is 0.118. The molecule has 0 fully saturated rings. The maximum Gasteiger partial charge on any atom is 0.230 e. The molecule has 0 saturated carbocycles. The van der Waals surface area contributed by atoms with Gasteiger partial charge in [-0.25, -0.2) is 8.78 Å². The van der Waals surface area contributed by atoms with E-state index < -0.39 is 11.7 Å². The maximum absolute atomic E-state index is 13.7. The van der Waals surface area contributed by atoms with E-state index in [1.807, 2.05) is 0 Å². The number of carbonyl (C=O) groups is 1. The summed E-state index contributed by atoms with van der Waals surface area (Å²) in [5, 5.41) is 10.9. The molecule has 3 rings (SSSR count). The normalized spacial score (nSPS) is 10.7. The summed E-state index contributed by atoms with van der Waals surface area (Å²) in [6.45, 7) is 0. The van der Waals surface area contributed by atoms with E-state index in [0.717, 1.165) is 11.3 Å². The molecule has 0 saturated heterocycles. The molecular weight excluding hydrogens is 400 g/mol. The molecule has 0 atom stereocenters. The van der Waals surface area contributed by atoms with Crippen LogP contribution in [0.4, 0.5) is 13.9 Å². The second-order valence-electron chi connectivity index (χ2n) is 5.18. The van der Waals surface area contributed by atoms with Crippen LogP contribution in [-0.4, -0.2) is 16.1 Å². The number of nitrogens with zero attached hydrogens (tertiary/aromatic N) is 2. The van der Waals surface area contributed by atoms with Crippen LogP contribution in [0.1, 0.15) is 11.1 Å². The van der Waals surface area contributed by atoms with Crippen LogP contribution < -0.4 is 5.32 Å².